The van der Waals surface area contributed by atoms with Crippen LogP contribution in [0.15, 0.2) is 29.2 Å². The molecular weight excluding hydrogens is 356 g/mol. The van der Waals surface area contributed by atoms with Crippen molar-refractivity contribution in [2.24, 2.45) is 0 Å². The van der Waals surface area contributed by atoms with Gasteiger partial charge in [-0.2, -0.15) is 0 Å². The second-order valence-electron chi connectivity index (χ2n) is 6.30. The van der Waals surface area contributed by atoms with Crippen LogP contribution in [-0.4, -0.2) is 85.1 Å². The Morgan fingerprint density at radius 1 is 1.42 bits per heavy atom. The van der Waals surface area contributed by atoms with Crippen molar-refractivity contribution >= 4 is 23.6 Å². The number of nitrogens with zero attached hydrogens (tertiary/aromatic N) is 2. The average molecular weight is 382 g/mol. The van der Waals surface area contributed by atoms with Gasteiger partial charge in [-0.1, -0.05) is 0 Å². The first-order valence-corrected chi connectivity index (χ1v) is 9.73. The molecule has 1 aromatic rings. The van der Waals surface area contributed by atoms with Crippen LogP contribution in [0.5, 0.6) is 5.75 Å². The van der Waals surface area contributed by atoms with Crippen LogP contribution in [0, 0.1) is 0 Å². The number of likely N-dealkylation sites (N-methyl/N-ethyl adjacent to an activating group) is 1. The molecule has 0 spiro atoms. The van der Waals surface area contributed by atoms with Gasteiger partial charge < -0.3 is 19.5 Å². The first-order chi connectivity index (χ1) is 12.4. The molecule has 7 nitrogen and oxygen atoms in total. The maximum atomic E-state index is 12.7. The second kappa shape index (κ2) is 9.80. The predicted octanol–water partition coefficient (Wildman–Crippen LogP) is 1.42. The summed E-state index contributed by atoms with van der Waals surface area (Å²) < 4.78 is 11.4. The number of carboxylic acid groups (broad SMARTS) is 1. The number of carboxylic acids is 1. The standard InChI is InChI=1S/C18H26N2O5S/c1-13(25-14-4-6-16(26-3)7-5-14)18(23)20-8-9-24-15(11-20)10-19(2)12-17(21)22/h4-7,13,15H,8-12H2,1-3H3,(H,21,22). The molecule has 1 aliphatic rings. The number of aliphatic carboxylic acids is 1. The van der Waals surface area contributed by atoms with E-state index < -0.39 is 12.1 Å². The van der Waals surface area contributed by atoms with Crippen LogP contribution >= 0.6 is 11.8 Å². The zero-order chi connectivity index (χ0) is 19.1. The first-order valence-electron chi connectivity index (χ1n) is 8.50. The number of ether oxygens (including phenoxy) is 2. The maximum Gasteiger partial charge on any atom is 0.317 e. The van der Waals surface area contributed by atoms with Crippen molar-refractivity contribution in [2.45, 2.75) is 24.0 Å². The number of hydrogen-bond donors (Lipinski definition) is 1. The highest BCUT2D eigenvalue weighted by Gasteiger charge is 2.29. The summed E-state index contributed by atoms with van der Waals surface area (Å²) in [6.45, 7) is 3.53. The normalized spacial score (nSPS) is 18.6. The number of carbonyl (C=O) groups is 2. The van der Waals surface area contributed by atoms with Crippen molar-refractivity contribution in [1.82, 2.24) is 9.80 Å². The molecule has 0 radical (unpaired) electrons. The molecule has 1 aliphatic heterocycles. The van der Waals surface area contributed by atoms with Crippen LogP contribution in [0.25, 0.3) is 0 Å². The Morgan fingerprint density at radius 3 is 2.73 bits per heavy atom. The highest BCUT2D eigenvalue weighted by Crippen LogP contribution is 2.20. The lowest BCUT2D eigenvalue weighted by Gasteiger charge is -2.35. The smallest absolute Gasteiger partial charge is 0.317 e. The Balaban J connectivity index is 1.87. The molecule has 1 saturated heterocycles. The third kappa shape index (κ3) is 6.19. The third-order valence-corrected chi connectivity index (χ3v) is 4.83. The van der Waals surface area contributed by atoms with Crippen molar-refractivity contribution < 1.29 is 24.2 Å². The lowest BCUT2D eigenvalue weighted by Crippen LogP contribution is -2.52. The average Bonchev–Trinajstić information content (AvgIpc) is 2.61. The lowest BCUT2D eigenvalue weighted by atomic mass is 10.2. The summed E-state index contributed by atoms with van der Waals surface area (Å²) >= 11 is 1.65. The van der Waals surface area contributed by atoms with Crippen molar-refractivity contribution in [3.8, 4) is 5.75 Å². The molecule has 8 heteroatoms. The van der Waals surface area contributed by atoms with Gasteiger partial charge in [0.15, 0.2) is 6.10 Å². The number of amides is 1. The van der Waals surface area contributed by atoms with Gasteiger partial charge in [0, 0.05) is 24.5 Å². The van der Waals surface area contributed by atoms with Gasteiger partial charge in [-0.25, -0.2) is 0 Å². The summed E-state index contributed by atoms with van der Waals surface area (Å²) in [6.07, 6.45) is 1.21. The van der Waals surface area contributed by atoms with E-state index in [0.717, 1.165) is 4.90 Å². The van der Waals surface area contributed by atoms with E-state index in [-0.39, 0.29) is 18.6 Å². The van der Waals surface area contributed by atoms with Crippen LogP contribution in [0.3, 0.4) is 0 Å². The molecule has 144 valence electrons. The summed E-state index contributed by atoms with van der Waals surface area (Å²) in [5.41, 5.74) is 0. The Morgan fingerprint density at radius 2 is 2.12 bits per heavy atom. The summed E-state index contributed by atoms with van der Waals surface area (Å²) in [7, 11) is 1.72. The highest BCUT2D eigenvalue weighted by atomic mass is 32.2. The fourth-order valence-electron chi connectivity index (χ4n) is 2.84. The molecule has 0 aromatic heterocycles. The van der Waals surface area contributed by atoms with E-state index in [1.54, 1.807) is 35.5 Å². The topological polar surface area (TPSA) is 79.3 Å². The number of morpholine rings is 1. The molecule has 0 aliphatic carbocycles. The number of thioether (sulfide) groups is 1. The summed E-state index contributed by atoms with van der Waals surface area (Å²) in [6, 6.07) is 7.64. The van der Waals surface area contributed by atoms with Gasteiger partial charge in [0.25, 0.3) is 5.91 Å². The van der Waals surface area contributed by atoms with E-state index in [0.29, 0.717) is 32.0 Å². The fourth-order valence-corrected chi connectivity index (χ4v) is 3.25. The molecule has 2 rings (SSSR count). The zero-order valence-electron chi connectivity index (χ0n) is 15.4. The van der Waals surface area contributed by atoms with Gasteiger partial charge in [0.05, 0.1) is 19.3 Å². The SMILES string of the molecule is CSc1ccc(OC(C)C(=O)N2CCOC(CN(C)CC(=O)O)C2)cc1. The van der Waals surface area contributed by atoms with Gasteiger partial charge in [0.1, 0.15) is 5.75 Å². The second-order valence-corrected chi connectivity index (χ2v) is 7.18. The largest absolute Gasteiger partial charge is 0.481 e. The van der Waals surface area contributed by atoms with E-state index in [9.17, 15) is 9.59 Å². The van der Waals surface area contributed by atoms with Gasteiger partial charge in [-0.3, -0.25) is 14.5 Å². The Hall–Kier alpha value is -1.77. The van der Waals surface area contributed by atoms with E-state index in [2.05, 4.69) is 0 Å². The number of carbonyl (C=O) groups excluding carboxylic acids is 1. The molecule has 26 heavy (non-hydrogen) atoms. The van der Waals surface area contributed by atoms with E-state index >= 15 is 0 Å². The number of hydrogen-bond acceptors (Lipinski definition) is 6. The molecule has 2 unspecified atom stereocenters. The Labute approximate surface area is 158 Å². The van der Waals surface area contributed by atoms with Crippen LogP contribution in [-0.2, 0) is 14.3 Å². The lowest BCUT2D eigenvalue weighted by molar-refractivity contribution is -0.147. The number of rotatable bonds is 8. The molecule has 1 aromatic carbocycles. The molecule has 1 N–H and O–H groups in total. The minimum atomic E-state index is -0.884. The molecule has 1 amide bonds. The monoisotopic (exact) mass is 382 g/mol. The van der Waals surface area contributed by atoms with Gasteiger partial charge >= 0.3 is 5.97 Å². The van der Waals surface area contributed by atoms with Crippen molar-refractivity contribution in [1.29, 1.82) is 0 Å². The summed E-state index contributed by atoms with van der Waals surface area (Å²) in [5, 5.41) is 8.83. The minimum absolute atomic E-state index is 0.0562. The molecule has 2 atom stereocenters. The van der Waals surface area contributed by atoms with Gasteiger partial charge in [-0.15, -0.1) is 11.8 Å². The zero-order valence-corrected chi connectivity index (χ0v) is 16.2. The molecule has 1 heterocycles. The van der Waals surface area contributed by atoms with Crippen LogP contribution in [0.4, 0.5) is 0 Å². The van der Waals surface area contributed by atoms with Crippen molar-refractivity contribution in [3.63, 3.8) is 0 Å². The van der Waals surface area contributed by atoms with Crippen LogP contribution < -0.4 is 4.74 Å². The maximum absolute atomic E-state index is 12.7. The van der Waals surface area contributed by atoms with E-state index in [1.807, 2.05) is 30.5 Å². The Bertz CT molecular complexity index is 610. The molecule has 0 saturated carbocycles. The van der Waals surface area contributed by atoms with Crippen molar-refractivity contribution in [2.75, 3.05) is 46.1 Å². The third-order valence-electron chi connectivity index (χ3n) is 4.09. The Kier molecular flexibility index (Phi) is 7.74. The fraction of sp³-hybridized carbons (Fsp3) is 0.556. The highest BCUT2D eigenvalue weighted by molar-refractivity contribution is 7.98. The number of benzene rings is 1. The summed E-state index contributed by atoms with van der Waals surface area (Å²) in [4.78, 5) is 28.0. The van der Waals surface area contributed by atoms with Crippen LogP contribution in [0.1, 0.15) is 6.92 Å². The van der Waals surface area contributed by atoms with E-state index in [1.165, 1.54) is 0 Å². The molecule has 1 fully saturated rings. The molecule has 0 bridgehead atoms. The molecular formula is C18H26N2O5S. The minimum Gasteiger partial charge on any atom is -0.481 e. The summed E-state index contributed by atoms with van der Waals surface area (Å²) in [5.74, 6) is -0.312. The quantitative estimate of drug-likeness (QED) is 0.681. The van der Waals surface area contributed by atoms with Crippen molar-refractivity contribution in [3.05, 3.63) is 24.3 Å². The van der Waals surface area contributed by atoms with Gasteiger partial charge in [0.2, 0.25) is 0 Å². The predicted molar refractivity (Wildman–Crippen MR) is 99.8 cm³/mol. The van der Waals surface area contributed by atoms with Crippen LogP contribution in [0.2, 0.25) is 0 Å². The first kappa shape index (κ1) is 20.5. The van der Waals surface area contributed by atoms with E-state index in [4.69, 9.17) is 14.6 Å². The van der Waals surface area contributed by atoms with Gasteiger partial charge in [-0.05, 0) is 44.5 Å².